The Kier molecular flexibility index (Phi) is 5.34. The number of para-hydroxylation sites is 1. The number of carbonyl (C=O) groups excluding carboxylic acids is 1. The first-order chi connectivity index (χ1) is 12.4. The predicted molar refractivity (Wildman–Crippen MR) is 101 cm³/mol. The highest BCUT2D eigenvalue weighted by Crippen LogP contribution is 2.31. The molecule has 0 aromatic heterocycles. The highest BCUT2D eigenvalue weighted by molar-refractivity contribution is 7.92. The topological polar surface area (TPSA) is 63.7 Å². The molecular formula is C19H18ClNO4S. The molecule has 0 amide bonds. The smallest absolute Gasteiger partial charge is 0.338 e. The van der Waals surface area contributed by atoms with Crippen LogP contribution in [0, 0.1) is 0 Å². The second-order valence-corrected chi connectivity index (χ2v) is 8.32. The van der Waals surface area contributed by atoms with Crippen molar-refractivity contribution in [3.05, 3.63) is 71.3 Å². The Labute approximate surface area is 157 Å². The summed E-state index contributed by atoms with van der Waals surface area (Å²) < 4.78 is 32.4. The number of sulfonamides is 1. The van der Waals surface area contributed by atoms with Gasteiger partial charge in [-0.05, 0) is 48.7 Å². The van der Waals surface area contributed by atoms with Gasteiger partial charge in [0.2, 0.25) is 0 Å². The van der Waals surface area contributed by atoms with Crippen molar-refractivity contribution in [2.75, 3.05) is 17.5 Å². The third-order valence-corrected chi connectivity index (χ3v) is 6.04. The molecule has 26 heavy (non-hydrogen) atoms. The number of halogens is 1. The van der Waals surface area contributed by atoms with E-state index in [0.717, 1.165) is 18.4 Å². The van der Waals surface area contributed by atoms with E-state index in [2.05, 4.69) is 6.58 Å². The molecule has 5 nitrogen and oxygen atoms in total. The molecule has 0 atom stereocenters. The number of benzene rings is 2. The Morgan fingerprint density at radius 2 is 1.85 bits per heavy atom. The monoisotopic (exact) mass is 391 g/mol. The number of ether oxygens (including phenoxy) is 1. The summed E-state index contributed by atoms with van der Waals surface area (Å²) in [5.74, 6) is -0.584. The van der Waals surface area contributed by atoms with Gasteiger partial charge in [-0.1, -0.05) is 36.4 Å². The van der Waals surface area contributed by atoms with Crippen LogP contribution in [0.2, 0.25) is 0 Å². The lowest BCUT2D eigenvalue weighted by molar-refractivity contribution is 0.0546. The number of hydrogen-bond donors (Lipinski definition) is 0. The van der Waals surface area contributed by atoms with Crippen molar-refractivity contribution >= 4 is 33.3 Å². The van der Waals surface area contributed by atoms with Gasteiger partial charge in [0.15, 0.2) is 0 Å². The normalized spacial score (nSPS) is 13.8. The molecular weight excluding hydrogens is 374 g/mol. The molecule has 0 aliphatic carbocycles. The number of anilines is 1. The maximum Gasteiger partial charge on any atom is 0.338 e. The SMILES string of the molecule is C=C(Cl)COC(=O)c1ccc(S(=O)(=O)N2CCCc3ccccc32)cc1. The lowest BCUT2D eigenvalue weighted by atomic mass is 10.0. The van der Waals surface area contributed by atoms with E-state index in [1.165, 1.54) is 28.6 Å². The molecule has 0 saturated heterocycles. The van der Waals surface area contributed by atoms with Gasteiger partial charge in [-0.15, -0.1) is 0 Å². The van der Waals surface area contributed by atoms with Gasteiger partial charge in [0.25, 0.3) is 10.0 Å². The lowest BCUT2D eigenvalue weighted by Crippen LogP contribution is -2.35. The highest BCUT2D eigenvalue weighted by Gasteiger charge is 2.28. The fourth-order valence-corrected chi connectivity index (χ4v) is 4.46. The molecule has 0 spiro atoms. The zero-order valence-electron chi connectivity index (χ0n) is 14.0. The molecule has 3 rings (SSSR count). The fourth-order valence-electron chi connectivity index (χ4n) is 2.87. The summed E-state index contributed by atoms with van der Waals surface area (Å²) in [6.45, 7) is 3.78. The Bertz CT molecular complexity index is 938. The fraction of sp³-hybridized carbons (Fsp3) is 0.211. The van der Waals surface area contributed by atoms with Crippen molar-refractivity contribution in [1.29, 1.82) is 0 Å². The van der Waals surface area contributed by atoms with Crippen molar-refractivity contribution in [3.63, 3.8) is 0 Å². The molecule has 0 unspecified atom stereocenters. The van der Waals surface area contributed by atoms with Gasteiger partial charge < -0.3 is 4.74 Å². The third kappa shape index (κ3) is 3.76. The standard InChI is InChI=1S/C19H18ClNO4S/c1-14(20)13-25-19(22)16-8-10-17(11-9-16)26(23,24)21-12-4-6-15-5-2-3-7-18(15)21/h2-3,5,7-11H,1,4,6,12-13H2. The third-order valence-electron chi connectivity index (χ3n) is 4.11. The predicted octanol–water partition coefficient (Wildman–Crippen LogP) is 3.74. The van der Waals surface area contributed by atoms with Crippen molar-refractivity contribution in [2.24, 2.45) is 0 Å². The Hall–Kier alpha value is -2.31. The molecule has 7 heteroatoms. The average molecular weight is 392 g/mol. The molecule has 0 N–H and O–H groups in total. The van der Waals surface area contributed by atoms with Crippen LogP contribution >= 0.6 is 11.6 Å². The molecule has 1 aliphatic rings. The highest BCUT2D eigenvalue weighted by atomic mass is 35.5. The minimum atomic E-state index is -3.70. The van der Waals surface area contributed by atoms with Crippen molar-refractivity contribution < 1.29 is 17.9 Å². The largest absolute Gasteiger partial charge is 0.456 e. The quantitative estimate of drug-likeness (QED) is 0.728. The van der Waals surface area contributed by atoms with E-state index in [-0.39, 0.29) is 22.1 Å². The summed E-state index contributed by atoms with van der Waals surface area (Å²) in [4.78, 5) is 12.0. The molecule has 2 aromatic rings. The number of hydrogen-bond acceptors (Lipinski definition) is 4. The maximum absolute atomic E-state index is 13.0. The summed E-state index contributed by atoms with van der Waals surface area (Å²) in [5, 5.41) is 0.210. The second kappa shape index (κ2) is 7.51. The van der Waals surface area contributed by atoms with Crippen LogP contribution in [-0.2, 0) is 21.2 Å². The number of carbonyl (C=O) groups is 1. The average Bonchev–Trinajstić information content (AvgIpc) is 2.65. The lowest BCUT2D eigenvalue weighted by Gasteiger charge is -2.30. The van der Waals surface area contributed by atoms with Crippen LogP contribution in [0.5, 0.6) is 0 Å². The second-order valence-electron chi connectivity index (χ2n) is 5.93. The van der Waals surface area contributed by atoms with E-state index < -0.39 is 16.0 Å². The Morgan fingerprint density at radius 3 is 2.54 bits per heavy atom. The summed E-state index contributed by atoms with van der Waals surface area (Å²) in [5.41, 5.74) is 1.98. The first-order valence-electron chi connectivity index (χ1n) is 8.11. The van der Waals surface area contributed by atoms with Crippen molar-refractivity contribution in [3.8, 4) is 0 Å². The Morgan fingerprint density at radius 1 is 1.15 bits per heavy atom. The van der Waals surface area contributed by atoms with Gasteiger partial charge in [0.1, 0.15) is 6.61 Å². The van der Waals surface area contributed by atoms with Gasteiger partial charge in [-0.3, -0.25) is 4.31 Å². The van der Waals surface area contributed by atoms with Crippen LogP contribution in [0.15, 0.2) is 65.0 Å². The molecule has 1 aliphatic heterocycles. The van der Waals surface area contributed by atoms with Crippen LogP contribution in [-0.4, -0.2) is 27.5 Å². The minimum Gasteiger partial charge on any atom is -0.456 e. The first-order valence-corrected chi connectivity index (χ1v) is 9.92. The van der Waals surface area contributed by atoms with E-state index in [4.69, 9.17) is 16.3 Å². The van der Waals surface area contributed by atoms with Crippen LogP contribution in [0.1, 0.15) is 22.3 Å². The molecule has 1 heterocycles. The maximum atomic E-state index is 13.0. The summed E-state index contributed by atoms with van der Waals surface area (Å²) in [6.07, 6.45) is 1.63. The zero-order chi connectivity index (χ0) is 18.7. The molecule has 136 valence electrons. The zero-order valence-corrected chi connectivity index (χ0v) is 15.6. The molecule has 0 saturated carbocycles. The van der Waals surface area contributed by atoms with E-state index >= 15 is 0 Å². The summed E-state index contributed by atoms with van der Waals surface area (Å²) >= 11 is 5.57. The number of aryl methyl sites for hydroxylation is 1. The molecule has 0 radical (unpaired) electrons. The Balaban J connectivity index is 1.85. The van der Waals surface area contributed by atoms with E-state index in [1.54, 1.807) is 0 Å². The van der Waals surface area contributed by atoms with Gasteiger partial charge in [-0.2, -0.15) is 0 Å². The van der Waals surface area contributed by atoms with Gasteiger partial charge in [-0.25, -0.2) is 13.2 Å². The molecule has 2 aromatic carbocycles. The van der Waals surface area contributed by atoms with Gasteiger partial charge >= 0.3 is 5.97 Å². The number of fused-ring (bicyclic) bond motifs is 1. The van der Waals surface area contributed by atoms with Gasteiger partial charge in [0, 0.05) is 11.6 Å². The van der Waals surface area contributed by atoms with Gasteiger partial charge in [0.05, 0.1) is 16.1 Å². The number of nitrogens with zero attached hydrogens (tertiary/aromatic N) is 1. The molecule has 0 fully saturated rings. The van der Waals surface area contributed by atoms with E-state index in [1.807, 2.05) is 24.3 Å². The van der Waals surface area contributed by atoms with Crippen LogP contribution < -0.4 is 4.31 Å². The van der Waals surface area contributed by atoms with E-state index in [9.17, 15) is 13.2 Å². The summed E-state index contributed by atoms with van der Waals surface area (Å²) in [6, 6.07) is 13.2. The minimum absolute atomic E-state index is 0.0923. The van der Waals surface area contributed by atoms with E-state index in [0.29, 0.717) is 12.2 Å². The van der Waals surface area contributed by atoms with Crippen LogP contribution in [0.4, 0.5) is 5.69 Å². The number of rotatable bonds is 5. The summed E-state index contributed by atoms with van der Waals surface area (Å²) in [7, 11) is -3.70. The van der Waals surface area contributed by atoms with Crippen molar-refractivity contribution in [1.82, 2.24) is 0 Å². The van der Waals surface area contributed by atoms with Crippen LogP contribution in [0.3, 0.4) is 0 Å². The number of esters is 1. The first kappa shape index (κ1) is 18.5. The van der Waals surface area contributed by atoms with Crippen molar-refractivity contribution in [2.45, 2.75) is 17.7 Å². The van der Waals surface area contributed by atoms with Crippen LogP contribution in [0.25, 0.3) is 0 Å². The molecule has 0 bridgehead atoms.